The second-order valence-electron chi connectivity index (χ2n) is 4.51. The molecule has 0 aromatic rings. The summed E-state index contributed by atoms with van der Waals surface area (Å²) in [4.78, 5) is 0. The predicted molar refractivity (Wildman–Crippen MR) is 65.4 cm³/mol. The predicted octanol–water partition coefficient (Wildman–Crippen LogP) is 3.08. The Kier molecular flexibility index (Phi) is 4.14. The molecule has 1 rings (SSSR count). The molecule has 1 heterocycles. The van der Waals surface area contributed by atoms with Gasteiger partial charge < -0.3 is 4.74 Å². The highest BCUT2D eigenvalue weighted by Crippen LogP contribution is 2.30. The zero-order valence-corrected chi connectivity index (χ0v) is 10.8. The minimum absolute atomic E-state index is 0.108. The zero-order chi connectivity index (χ0) is 10.6. The van der Waals surface area contributed by atoms with Crippen molar-refractivity contribution in [3.63, 3.8) is 0 Å². The van der Waals surface area contributed by atoms with Gasteiger partial charge in [-0.05, 0) is 26.2 Å². The SMILES string of the molecule is C=CC(C)=CC1([SiH](C)C)CCCCO1. The van der Waals surface area contributed by atoms with Gasteiger partial charge in [0.25, 0.3) is 0 Å². The first-order valence-electron chi connectivity index (χ1n) is 5.56. The molecule has 1 nitrogen and oxygen atoms in total. The van der Waals surface area contributed by atoms with Crippen molar-refractivity contribution in [1.82, 2.24) is 0 Å². The first-order chi connectivity index (χ1) is 6.60. The molecule has 0 saturated carbocycles. The third kappa shape index (κ3) is 2.58. The van der Waals surface area contributed by atoms with Crippen LogP contribution in [0.5, 0.6) is 0 Å². The van der Waals surface area contributed by atoms with Gasteiger partial charge >= 0.3 is 0 Å². The third-order valence-electron chi connectivity index (χ3n) is 3.10. The number of allylic oxidation sites excluding steroid dienone is 2. The second kappa shape index (κ2) is 4.94. The number of rotatable bonds is 3. The number of hydrogen-bond donors (Lipinski definition) is 0. The monoisotopic (exact) mass is 210 g/mol. The van der Waals surface area contributed by atoms with Crippen LogP contribution in [0.4, 0.5) is 0 Å². The molecule has 0 aromatic carbocycles. The van der Waals surface area contributed by atoms with Gasteiger partial charge in [0.15, 0.2) is 0 Å². The fourth-order valence-electron chi connectivity index (χ4n) is 2.02. The standard InChI is InChI=1S/C12H22OSi/c1-5-11(2)10-12(14(3)4)8-6-7-9-13-12/h5,10,14H,1,6-9H2,2-4H3. The van der Waals surface area contributed by atoms with Gasteiger partial charge in [0.05, 0.1) is 14.0 Å². The summed E-state index contributed by atoms with van der Waals surface area (Å²) < 4.78 is 6.04. The smallest absolute Gasteiger partial charge is 0.0745 e. The Labute approximate surface area is 89.5 Å². The van der Waals surface area contributed by atoms with Crippen LogP contribution in [0.15, 0.2) is 24.3 Å². The minimum Gasteiger partial charge on any atom is -0.375 e. The summed E-state index contributed by atoms with van der Waals surface area (Å²) >= 11 is 0. The third-order valence-corrected chi connectivity index (χ3v) is 5.68. The molecule has 0 aliphatic carbocycles. The molecule has 0 N–H and O–H groups in total. The maximum atomic E-state index is 6.04. The van der Waals surface area contributed by atoms with E-state index in [4.69, 9.17) is 4.74 Å². The van der Waals surface area contributed by atoms with Gasteiger partial charge in [-0.2, -0.15) is 0 Å². The Morgan fingerprint density at radius 3 is 2.57 bits per heavy atom. The van der Waals surface area contributed by atoms with E-state index in [2.05, 4.69) is 32.7 Å². The van der Waals surface area contributed by atoms with Gasteiger partial charge in [0.2, 0.25) is 0 Å². The topological polar surface area (TPSA) is 9.23 Å². The van der Waals surface area contributed by atoms with Crippen molar-refractivity contribution in [3.05, 3.63) is 24.3 Å². The van der Waals surface area contributed by atoms with E-state index >= 15 is 0 Å². The highest BCUT2D eigenvalue weighted by atomic mass is 28.3. The lowest BCUT2D eigenvalue weighted by atomic mass is 10.1. The normalized spacial score (nSPS) is 29.3. The summed E-state index contributed by atoms with van der Waals surface area (Å²) in [7, 11) is -0.804. The van der Waals surface area contributed by atoms with E-state index in [1.165, 1.54) is 24.8 Å². The lowest BCUT2D eigenvalue weighted by molar-refractivity contribution is 0.0100. The van der Waals surface area contributed by atoms with Crippen LogP contribution >= 0.6 is 0 Å². The van der Waals surface area contributed by atoms with Crippen molar-refractivity contribution >= 4 is 8.80 Å². The Morgan fingerprint density at radius 2 is 2.14 bits per heavy atom. The van der Waals surface area contributed by atoms with E-state index < -0.39 is 8.80 Å². The zero-order valence-electron chi connectivity index (χ0n) is 9.68. The van der Waals surface area contributed by atoms with Crippen LogP contribution in [-0.2, 0) is 4.74 Å². The molecule has 1 atom stereocenters. The van der Waals surface area contributed by atoms with Gasteiger partial charge in [-0.3, -0.25) is 0 Å². The van der Waals surface area contributed by atoms with Crippen LogP contribution in [-0.4, -0.2) is 20.6 Å². The quantitative estimate of drug-likeness (QED) is 0.514. The van der Waals surface area contributed by atoms with E-state index in [0.717, 1.165) is 6.61 Å². The molecule has 1 aliphatic rings. The first kappa shape index (κ1) is 11.7. The molecule has 1 saturated heterocycles. The van der Waals surface area contributed by atoms with E-state index in [1.54, 1.807) is 0 Å². The number of ether oxygens (including phenoxy) is 1. The summed E-state index contributed by atoms with van der Waals surface area (Å²) in [6.45, 7) is 11.6. The fraction of sp³-hybridized carbons (Fsp3) is 0.667. The first-order valence-corrected chi connectivity index (χ1v) is 8.45. The fourth-order valence-corrected chi connectivity index (χ4v) is 3.85. The molecule has 80 valence electrons. The van der Waals surface area contributed by atoms with Crippen molar-refractivity contribution < 1.29 is 4.74 Å². The summed E-state index contributed by atoms with van der Waals surface area (Å²) in [5, 5.41) is 0.108. The molecule has 0 amide bonds. The Balaban J connectivity index is 2.85. The van der Waals surface area contributed by atoms with Crippen LogP contribution < -0.4 is 0 Å². The lowest BCUT2D eigenvalue weighted by Crippen LogP contribution is -2.45. The van der Waals surface area contributed by atoms with Crippen molar-refractivity contribution in [3.8, 4) is 0 Å². The number of hydrogen-bond acceptors (Lipinski definition) is 1. The van der Waals surface area contributed by atoms with Crippen LogP contribution in [0, 0.1) is 0 Å². The molecule has 0 radical (unpaired) electrons. The lowest BCUT2D eigenvalue weighted by Gasteiger charge is -2.38. The highest BCUT2D eigenvalue weighted by Gasteiger charge is 2.34. The molecule has 2 heteroatoms. The van der Waals surface area contributed by atoms with Gasteiger partial charge in [-0.1, -0.05) is 37.4 Å². The van der Waals surface area contributed by atoms with Gasteiger partial charge in [0, 0.05) is 6.61 Å². The average Bonchev–Trinajstić information content (AvgIpc) is 2.19. The van der Waals surface area contributed by atoms with E-state index in [1.807, 2.05) is 6.08 Å². The maximum Gasteiger partial charge on any atom is 0.0745 e. The van der Waals surface area contributed by atoms with Crippen LogP contribution in [0.1, 0.15) is 26.2 Å². The Morgan fingerprint density at radius 1 is 1.43 bits per heavy atom. The van der Waals surface area contributed by atoms with Crippen molar-refractivity contribution in [2.24, 2.45) is 0 Å². The molecule has 14 heavy (non-hydrogen) atoms. The molecule has 1 unspecified atom stereocenters. The largest absolute Gasteiger partial charge is 0.375 e. The highest BCUT2D eigenvalue weighted by molar-refractivity contribution is 6.59. The van der Waals surface area contributed by atoms with Crippen molar-refractivity contribution in [1.29, 1.82) is 0 Å². The molecule has 0 aromatic heterocycles. The van der Waals surface area contributed by atoms with Crippen molar-refractivity contribution in [2.45, 2.75) is 44.5 Å². The van der Waals surface area contributed by atoms with Crippen LogP contribution in [0.25, 0.3) is 0 Å². The second-order valence-corrected chi connectivity index (χ2v) is 7.79. The summed E-state index contributed by atoms with van der Waals surface area (Å²) in [6.07, 6.45) is 7.99. The molecule has 1 aliphatic heterocycles. The van der Waals surface area contributed by atoms with Gasteiger partial charge in [-0.15, -0.1) is 0 Å². The molecular formula is C12H22OSi. The summed E-state index contributed by atoms with van der Waals surface area (Å²) in [5.41, 5.74) is 1.26. The van der Waals surface area contributed by atoms with Crippen LogP contribution in [0.3, 0.4) is 0 Å². The minimum atomic E-state index is -0.804. The van der Waals surface area contributed by atoms with E-state index in [0.29, 0.717) is 0 Å². The Hall–Kier alpha value is -0.343. The van der Waals surface area contributed by atoms with Gasteiger partial charge in [-0.25, -0.2) is 0 Å². The Bertz CT molecular complexity index is 224. The maximum absolute atomic E-state index is 6.04. The summed E-state index contributed by atoms with van der Waals surface area (Å²) in [5.74, 6) is 0. The van der Waals surface area contributed by atoms with E-state index in [9.17, 15) is 0 Å². The van der Waals surface area contributed by atoms with Crippen molar-refractivity contribution in [2.75, 3.05) is 6.61 Å². The van der Waals surface area contributed by atoms with Gasteiger partial charge in [0.1, 0.15) is 0 Å². The molecule has 0 bridgehead atoms. The van der Waals surface area contributed by atoms with Crippen LogP contribution in [0.2, 0.25) is 13.1 Å². The molecular weight excluding hydrogens is 188 g/mol. The molecule has 1 fully saturated rings. The molecule has 0 spiro atoms. The average molecular weight is 210 g/mol. The van der Waals surface area contributed by atoms with E-state index in [-0.39, 0.29) is 5.22 Å². The summed E-state index contributed by atoms with van der Waals surface area (Å²) in [6, 6.07) is 0.